The van der Waals surface area contributed by atoms with Crippen molar-refractivity contribution in [2.24, 2.45) is 5.92 Å². The predicted molar refractivity (Wildman–Crippen MR) is 67.1 cm³/mol. The fourth-order valence-electron chi connectivity index (χ4n) is 2.01. The zero-order chi connectivity index (χ0) is 13.0. The summed E-state index contributed by atoms with van der Waals surface area (Å²) in [7, 11) is 0. The van der Waals surface area contributed by atoms with E-state index in [9.17, 15) is 4.79 Å². The molecule has 0 aromatic carbocycles. The van der Waals surface area contributed by atoms with Crippen LogP contribution >= 0.6 is 0 Å². The number of aliphatic carboxylic acids is 1. The summed E-state index contributed by atoms with van der Waals surface area (Å²) in [6.45, 7) is 9.12. The zero-order valence-electron chi connectivity index (χ0n) is 11.2. The van der Waals surface area contributed by atoms with Crippen molar-refractivity contribution in [1.29, 1.82) is 0 Å². The molecule has 1 heterocycles. The molecule has 17 heavy (non-hydrogen) atoms. The molecule has 1 rings (SSSR count). The van der Waals surface area contributed by atoms with Crippen molar-refractivity contribution >= 4 is 5.97 Å². The van der Waals surface area contributed by atoms with Crippen molar-refractivity contribution in [2.75, 3.05) is 0 Å². The van der Waals surface area contributed by atoms with Crippen molar-refractivity contribution in [3.05, 3.63) is 17.0 Å². The number of carboxylic acids is 1. The molecule has 4 heteroatoms. The Balaban J connectivity index is 2.71. The first-order valence-corrected chi connectivity index (χ1v) is 6.16. The van der Waals surface area contributed by atoms with Crippen LogP contribution in [0.2, 0.25) is 0 Å². The molecule has 96 valence electrons. The molecule has 1 N–H and O–H groups in total. The molecule has 0 saturated heterocycles. The number of hydrogen-bond acceptors (Lipinski definition) is 2. The Morgan fingerprint density at radius 3 is 2.59 bits per heavy atom. The minimum Gasteiger partial charge on any atom is -0.481 e. The molecule has 1 aromatic heterocycles. The molecule has 4 nitrogen and oxygen atoms in total. The molecule has 0 fully saturated rings. The summed E-state index contributed by atoms with van der Waals surface area (Å²) in [5.74, 6) is -0.0941. The predicted octanol–water partition coefficient (Wildman–Crippen LogP) is 2.56. The highest BCUT2D eigenvalue weighted by molar-refractivity contribution is 5.70. The van der Waals surface area contributed by atoms with E-state index in [-0.39, 0.29) is 6.42 Å². The summed E-state index contributed by atoms with van der Waals surface area (Å²) in [5, 5.41) is 13.3. The maximum Gasteiger partial charge on any atom is 0.307 e. The Morgan fingerprint density at radius 1 is 1.41 bits per heavy atom. The monoisotopic (exact) mass is 238 g/mol. The van der Waals surface area contributed by atoms with Crippen LogP contribution in [0, 0.1) is 19.8 Å². The van der Waals surface area contributed by atoms with Gasteiger partial charge in [-0.3, -0.25) is 9.48 Å². The first kappa shape index (κ1) is 13.7. The van der Waals surface area contributed by atoms with Crippen LogP contribution in [0.4, 0.5) is 0 Å². The number of carboxylic acid groups (broad SMARTS) is 1. The van der Waals surface area contributed by atoms with Gasteiger partial charge in [0.2, 0.25) is 0 Å². The number of nitrogens with zero attached hydrogens (tertiary/aromatic N) is 2. The zero-order valence-corrected chi connectivity index (χ0v) is 11.2. The standard InChI is InChI=1S/C13H22N2O2/c1-9(2)6-5-7-15-11(4)12(8-13(16)17)10(3)14-15/h9H,5-8H2,1-4H3,(H,16,17). The molecule has 0 aliphatic carbocycles. The number of aromatic nitrogens is 2. The molecule has 0 aliphatic rings. The van der Waals surface area contributed by atoms with Gasteiger partial charge >= 0.3 is 5.97 Å². The SMILES string of the molecule is Cc1nn(CCCC(C)C)c(C)c1CC(=O)O. The van der Waals surface area contributed by atoms with Gasteiger partial charge in [-0.15, -0.1) is 0 Å². The Labute approximate surface area is 103 Å². The maximum atomic E-state index is 10.7. The molecular formula is C13H22N2O2. The fourth-order valence-corrected chi connectivity index (χ4v) is 2.01. The molecular weight excluding hydrogens is 216 g/mol. The van der Waals surface area contributed by atoms with Crippen LogP contribution in [0.3, 0.4) is 0 Å². The highest BCUT2D eigenvalue weighted by Gasteiger charge is 2.13. The van der Waals surface area contributed by atoms with E-state index in [0.717, 1.165) is 29.9 Å². The number of aryl methyl sites for hydroxylation is 2. The molecule has 0 bridgehead atoms. The molecule has 0 amide bonds. The topological polar surface area (TPSA) is 55.1 Å². The van der Waals surface area contributed by atoms with E-state index in [1.807, 2.05) is 18.5 Å². The first-order valence-electron chi connectivity index (χ1n) is 6.16. The summed E-state index contributed by atoms with van der Waals surface area (Å²) in [6.07, 6.45) is 2.33. The number of carbonyl (C=O) groups is 1. The van der Waals surface area contributed by atoms with Crippen LogP contribution in [0.1, 0.15) is 43.6 Å². The smallest absolute Gasteiger partial charge is 0.307 e. The molecule has 0 saturated carbocycles. The van der Waals surface area contributed by atoms with Gasteiger partial charge < -0.3 is 5.11 Å². The average Bonchev–Trinajstić information content (AvgIpc) is 2.45. The highest BCUT2D eigenvalue weighted by Crippen LogP contribution is 2.15. The summed E-state index contributed by atoms with van der Waals surface area (Å²) in [6, 6.07) is 0. The van der Waals surface area contributed by atoms with E-state index in [4.69, 9.17) is 5.11 Å². The lowest BCUT2D eigenvalue weighted by atomic mass is 10.1. The van der Waals surface area contributed by atoms with Crippen LogP contribution in [-0.2, 0) is 17.8 Å². The van der Waals surface area contributed by atoms with Gasteiger partial charge in [-0.2, -0.15) is 5.10 Å². The molecule has 1 aromatic rings. The molecule has 0 aliphatic heterocycles. The lowest BCUT2D eigenvalue weighted by molar-refractivity contribution is -0.136. The average molecular weight is 238 g/mol. The van der Waals surface area contributed by atoms with E-state index >= 15 is 0 Å². The second kappa shape index (κ2) is 5.84. The van der Waals surface area contributed by atoms with Crippen molar-refractivity contribution in [3.8, 4) is 0 Å². The quantitative estimate of drug-likeness (QED) is 0.828. The largest absolute Gasteiger partial charge is 0.481 e. The second-order valence-corrected chi connectivity index (χ2v) is 4.98. The van der Waals surface area contributed by atoms with E-state index in [1.165, 1.54) is 6.42 Å². The third-order valence-corrected chi connectivity index (χ3v) is 3.01. The third-order valence-electron chi connectivity index (χ3n) is 3.01. The fraction of sp³-hybridized carbons (Fsp3) is 0.692. The van der Waals surface area contributed by atoms with Gasteiger partial charge in [0.15, 0.2) is 0 Å². The third kappa shape index (κ3) is 3.88. The second-order valence-electron chi connectivity index (χ2n) is 4.98. The molecule has 0 radical (unpaired) electrons. The van der Waals surface area contributed by atoms with Crippen LogP contribution in [0.25, 0.3) is 0 Å². The van der Waals surface area contributed by atoms with Crippen LogP contribution in [0.5, 0.6) is 0 Å². The van der Waals surface area contributed by atoms with E-state index in [0.29, 0.717) is 5.92 Å². The summed E-state index contributed by atoms with van der Waals surface area (Å²) in [5.41, 5.74) is 2.70. The van der Waals surface area contributed by atoms with Crippen LogP contribution in [-0.4, -0.2) is 20.9 Å². The summed E-state index contributed by atoms with van der Waals surface area (Å²) in [4.78, 5) is 10.7. The lowest BCUT2D eigenvalue weighted by Gasteiger charge is -2.06. The summed E-state index contributed by atoms with van der Waals surface area (Å²) < 4.78 is 1.94. The summed E-state index contributed by atoms with van der Waals surface area (Å²) >= 11 is 0. The van der Waals surface area contributed by atoms with Gasteiger partial charge in [0.25, 0.3) is 0 Å². The lowest BCUT2D eigenvalue weighted by Crippen LogP contribution is -2.06. The van der Waals surface area contributed by atoms with E-state index < -0.39 is 5.97 Å². The van der Waals surface area contributed by atoms with Crippen molar-refractivity contribution in [2.45, 2.75) is 53.5 Å². The van der Waals surface area contributed by atoms with Crippen molar-refractivity contribution < 1.29 is 9.90 Å². The Kier molecular flexibility index (Phi) is 4.73. The van der Waals surface area contributed by atoms with Gasteiger partial charge in [-0.05, 0) is 32.6 Å². The molecule has 0 unspecified atom stereocenters. The highest BCUT2D eigenvalue weighted by atomic mass is 16.4. The van der Waals surface area contributed by atoms with Crippen LogP contribution in [0.15, 0.2) is 0 Å². The molecule has 0 atom stereocenters. The Morgan fingerprint density at radius 2 is 2.06 bits per heavy atom. The Hall–Kier alpha value is -1.32. The van der Waals surface area contributed by atoms with Crippen molar-refractivity contribution in [3.63, 3.8) is 0 Å². The van der Waals surface area contributed by atoms with Gasteiger partial charge in [0.05, 0.1) is 12.1 Å². The van der Waals surface area contributed by atoms with Gasteiger partial charge in [0, 0.05) is 17.8 Å². The van der Waals surface area contributed by atoms with Crippen LogP contribution < -0.4 is 0 Å². The van der Waals surface area contributed by atoms with Gasteiger partial charge in [-0.1, -0.05) is 13.8 Å². The van der Waals surface area contributed by atoms with E-state index in [1.54, 1.807) is 0 Å². The first-order chi connectivity index (χ1) is 7.91. The number of rotatable bonds is 6. The normalized spacial score (nSPS) is 11.1. The van der Waals surface area contributed by atoms with Gasteiger partial charge in [-0.25, -0.2) is 0 Å². The molecule has 0 spiro atoms. The Bertz CT molecular complexity index is 394. The number of hydrogen-bond donors (Lipinski definition) is 1. The van der Waals surface area contributed by atoms with Gasteiger partial charge in [0.1, 0.15) is 0 Å². The van der Waals surface area contributed by atoms with E-state index in [2.05, 4.69) is 18.9 Å². The minimum absolute atomic E-state index is 0.0713. The van der Waals surface area contributed by atoms with Crippen molar-refractivity contribution in [1.82, 2.24) is 9.78 Å². The minimum atomic E-state index is -0.794. The maximum absolute atomic E-state index is 10.7.